The van der Waals surface area contributed by atoms with Crippen molar-refractivity contribution in [2.45, 2.75) is 13.8 Å². The Balaban J connectivity index is 2.53. The molecule has 2 N–H and O–H groups in total. The van der Waals surface area contributed by atoms with E-state index in [9.17, 15) is 9.18 Å². The SMILES string of the molecule is Cc1cc(C(=O)c2cccc(N)c2Cl)cc(C)c1F. The van der Waals surface area contributed by atoms with Gasteiger partial charge in [0.25, 0.3) is 0 Å². The zero-order valence-electron chi connectivity index (χ0n) is 10.6. The summed E-state index contributed by atoms with van der Waals surface area (Å²) in [5, 5.41) is 0.229. The Hall–Kier alpha value is -1.87. The van der Waals surface area contributed by atoms with E-state index in [1.807, 2.05) is 0 Å². The third-order valence-corrected chi connectivity index (χ3v) is 3.39. The van der Waals surface area contributed by atoms with Gasteiger partial charge in [0, 0.05) is 11.1 Å². The zero-order chi connectivity index (χ0) is 14.2. The standard InChI is InChI=1S/C15H13ClFNO/c1-8-6-10(7-9(2)14(8)17)15(19)11-4-3-5-12(18)13(11)16/h3-7H,18H2,1-2H3. The van der Waals surface area contributed by atoms with Gasteiger partial charge >= 0.3 is 0 Å². The molecule has 2 rings (SSSR count). The first-order chi connectivity index (χ1) is 8.91. The van der Waals surface area contributed by atoms with Crippen LogP contribution in [0.5, 0.6) is 0 Å². The van der Waals surface area contributed by atoms with Crippen molar-refractivity contribution in [2.24, 2.45) is 0 Å². The van der Waals surface area contributed by atoms with Crippen LogP contribution in [-0.4, -0.2) is 5.78 Å². The Morgan fingerprint density at radius 2 is 1.79 bits per heavy atom. The minimum absolute atomic E-state index is 0.229. The van der Waals surface area contributed by atoms with Gasteiger partial charge in [0.15, 0.2) is 5.78 Å². The van der Waals surface area contributed by atoms with Crippen LogP contribution in [0.3, 0.4) is 0 Å². The van der Waals surface area contributed by atoms with Gasteiger partial charge in [0.1, 0.15) is 5.82 Å². The number of nitrogen functional groups attached to an aromatic ring is 1. The van der Waals surface area contributed by atoms with Crippen LogP contribution in [0.25, 0.3) is 0 Å². The highest BCUT2D eigenvalue weighted by atomic mass is 35.5. The number of nitrogens with two attached hydrogens (primary N) is 1. The van der Waals surface area contributed by atoms with Crippen LogP contribution in [0.15, 0.2) is 30.3 Å². The normalized spacial score (nSPS) is 10.5. The van der Waals surface area contributed by atoms with Gasteiger partial charge in [-0.05, 0) is 49.2 Å². The maximum atomic E-state index is 13.6. The number of hydrogen-bond donors (Lipinski definition) is 1. The molecular formula is C15H13ClFNO. The minimum atomic E-state index is -0.296. The number of hydrogen-bond acceptors (Lipinski definition) is 2. The topological polar surface area (TPSA) is 43.1 Å². The number of anilines is 1. The Morgan fingerprint density at radius 3 is 2.37 bits per heavy atom. The summed E-state index contributed by atoms with van der Waals surface area (Å²) in [6.45, 7) is 3.25. The number of carbonyl (C=O) groups is 1. The summed E-state index contributed by atoms with van der Waals surface area (Å²) in [4.78, 5) is 12.4. The zero-order valence-corrected chi connectivity index (χ0v) is 11.4. The van der Waals surface area contributed by atoms with E-state index in [1.54, 1.807) is 32.0 Å². The number of ketones is 1. The molecular weight excluding hydrogens is 265 g/mol. The average molecular weight is 278 g/mol. The molecule has 2 aromatic rings. The van der Waals surface area contributed by atoms with Crippen molar-refractivity contribution in [1.82, 2.24) is 0 Å². The predicted octanol–water partition coefficient (Wildman–Crippen LogP) is 3.91. The highest BCUT2D eigenvalue weighted by Gasteiger charge is 2.16. The van der Waals surface area contributed by atoms with Crippen molar-refractivity contribution in [2.75, 3.05) is 5.73 Å². The molecule has 0 bridgehead atoms. The summed E-state index contributed by atoms with van der Waals surface area (Å²) in [5.41, 5.74) is 7.63. The molecule has 2 nitrogen and oxygen atoms in total. The third-order valence-electron chi connectivity index (χ3n) is 2.97. The van der Waals surface area contributed by atoms with Crippen molar-refractivity contribution < 1.29 is 9.18 Å². The third kappa shape index (κ3) is 2.47. The van der Waals surface area contributed by atoms with E-state index < -0.39 is 0 Å². The van der Waals surface area contributed by atoms with Crippen molar-refractivity contribution >= 4 is 23.1 Å². The lowest BCUT2D eigenvalue weighted by Gasteiger charge is -2.08. The Bertz CT molecular complexity index is 644. The molecule has 0 saturated heterocycles. The van der Waals surface area contributed by atoms with Crippen LogP contribution in [0, 0.1) is 19.7 Å². The lowest BCUT2D eigenvalue weighted by Crippen LogP contribution is -2.05. The van der Waals surface area contributed by atoms with E-state index in [-0.39, 0.29) is 16.6 Å². The van der Waals surface area contributed by atoms with E-state index in [2.05, 4.69) is 0 Å². The second-order valence-corrected chi connectivity index (χ2v) is 4.84. The summed E-state index contributed by atoms with van der Waals surface area (Å²) < 4.78 is 13.6. The molecule has 0 aliphatic carbocycles. The summed E-state index contributed by atoms with van der Waals surface area (Å²) in [7, 11) is 0. The number of aryl methyl sites for hydroxylation is 2. The van der Waals surface area contributed by atoms with Crippen LogP contribution in [0.2, 0.25) is 5.02 Å². The molecule has 0 heterocycles. The molecule has 0 spiro atoms. The molecule has 19 heavy (non-hydrogen) atoms. The van der Waals surface area contributed by atoms with E-state index in [1.165, 1.54) is 12.1 Å². The van der Waals surface area contributed by atoms with Gasteiger partial charge < -0.3 is 5.73 Å². The fourth-order valence-corrected chi connectivity index (χ4v) is 2.17. The maximum Gasteiger partial charge on any atom is 0.194 e. The average Bonchev–Trinajstić information content (AvgIpc) is 2.38. The molecule has 0 aliphatic heterocycles. The maximum absolute atomic E-state index is 13.6. The summed E-state index contributed by atoms with van der Waals surface area (Å²) in [6.07, 6.45) is 0. The largest absolute Gasteiger partial charge is 0.398 e. The Kier molecular flexibility index (Phi) is 3.58. The van der Waals surface area contributed by atoms with Crippen molar-refractivity contribution in [3.05, 3.63) is 63.4 Å². The quantitative estimate of drug-likeness (QED) is 0.668. The second-order valence-electron chi connectivity index (χ2n) is 4.46. The second kappa shape index (κ2) is 5.02. The van der Waals surface area contributed by atoms with Crippen LogP contribution in [0.4, 0.5) is 10.1 Å². The number of carbonyl (C=O) groups excluding carboxylic acids is 1. The van der Waals surface area contributed by atoms with Gasteiger partial charge in [-0.25, -0.2) is 4.39 Å². The fourth-order valence-electron chi connectivity index (χ4n) is 1.96. The minimum Gasteiger partial charge on any atom is -0.398 e. The highest BCUT2D eigenvalue weighted by Crippen LogP contribution is 2.26. The molecule has 0 aromatic heterocycles. The molecule has 0 unspecified atom stereocenters. The lowest BCUT2D eigenvalue weighted by molar-refractivity contribution is 0.103. The van der Waals surface area contributed by atoms with Gasteiger partial charge in [0.05, 0.1) is 10.7 Å². The Morgan fingerprint density at radius 1 is 1.21 bits per heavy atom. The van der Waals surface area contributed by atoms with E-state index in [4.69, 9.17) is 17.3 Å². The van der Waals surface area contributed by atoms with Crippen molar-refractivity contribution in [3.63, 3.8) is 0 Å². The monoisotopic (exact) mass is 277 g/mol. The summed E-state index contributed by atoms with van der Waals surface area (Å²) in [5.74, 6) is -0.557. The van der Waals surface area contributed by atoms with Gasteiger partial charge in [0.2, 0.25) is 0 Å². The molecule has 4 heteroatoms. The molecule has 0 atom stereocenters. The molecule has 0 saturated carbocycles. The van der Waals surface area contributed by atoms with Gasteiger partial charge in [-0.15, -0.1) is 0 Å². The number of halogens is 2. The van der Waals surface area contributed by atoms with Gasteiger partial charge in [-0.3, -0.25) is 4.79 Å². The van der Waals surface area contributed by atoms with Crippen LogP contribution < -0.4 is 5.73 Å². The molecule has 0 amide bonds. The summed E-state index contributed by atoms with van der Waals surface area (Å²) in [6, 6.07) is 7.93. The first-order valence-corrected chi connectivity index (χ1v) is 6.15. The van der Waals surface area contributed by atoms with Crippen molar-refractivity contribution in [3.8, 4) is 0 Å². The van der Waals surface area contributed by atoms with Crippen molar-refractivity contribution in [1.29, 1.82) is 0 Å². The smallest absolute Gasteiger partial charge is 0.194 e. The number of rotatable bonds is 2. The van der Waals surface area contributed by atoms with Gasteiger partial charge in [-0.2, -0.15) is 0 Å². The van der Waals surface area contributed by atoms with Gasteiger partial charge in [-0.1, -0.05) is 17.7 Å². The van der Waals surface area contributed by atoms with E-state index in [0.29, 0.717) is 27.9 Å². The molecule has 2 aromatic carbocycles. The predicted molar refractivity (Wildman–Crippen MR) is 75.2 cm³/mol. The fraction of sp³-hybridized carbons (Fsp3) is 0.133. The molecule has 0 radical (unpaired) electrons. The Labute approximate surface area is 116 Å². The molecule has 98 valence electrons. The van der Waals surface area contributed by atoms with E-state index >= 15 is 0 Å². The lowest BCUT2D eigenvalue weighted by atomic mass is 9.98. The number of benzene rings is 2. The highest BCUT2D eigenvalue weighted by molar-refractivity contribution is 6.37. The van der Waals surface area contributed by atoms with Crippen LogP contribution in [-0.2, 0) is 0 Å². The molecule has 0 fully saturated rings. The molecule has 0 aliphatic rings. The van der Waals surface area contributed by atoms with E-state index in [0.717, 1.165) is 0 Å². The first kappa shape index (κ1) is 13.6. The van der Waals surface area contributed by atoms with Crippen LogP contribution >= 0.6 is 11.6 Å². The summed E-state index contributed by atoms with van der Waals surface area (Å²) >= 11 is 6.03. The van der Waals surface area contributed by atoms with Crippen LogP contribution in [0.1, 0.15) is 27.0 Å². The first-order valence-electron chi connectivity index (χ1n) is 5.77.